The number of hydrogen-bond donors (Lipinski definition) is 4. The van der Waals surface area contributed by atoms with Gasteiger partial charge < -0.3 is 9.47 Å². The molecule has 0 aliphatic rings. The molecule has 4 amide bonds. The third kappa shape index (κ3) is 11.3. The van der Waals surface area contributed by atoms with Crippen LogP contribution in [0, 0.1) is 0 Å². The number of para-hydroxylation sites is 2. The second-order valence-electron chi connectivity index (χ2n) is 9.67. The summed E-state index contributed by atoms with van der Waals surface area (Å²) in [6, 6.07) is 15.1. The lowest BCUT2D eigenvalue weighted by Crippen LogP contribution is -2.44. The molecular formula is C30H42N4O6. The lowest BCUT2D eigenvalue weighted by atomic mass is 9.98. The Morgan fingerprint density at radius 2 is 0.950 bits per heavy atom. The summed E-state index contributed by atoms with van der Waals surface area (Å²) in [7, 11) is 0. The highest BCUT2D eigenvalue weighted by atomic mass is 16.5. The Morgan fingerprint density at radius 1 is 0.600 bits per heavy atom. The van der Waals surface area contributed by atoms with Gasteiger partial charge in [-0.1, -0.05) is 64.1 Å². The maximum atomic E-state index is 12.1. The molecule has 0 saturated carbocycles. The first-order chi connectivity index (χ1) is 19.2. The number of amides is 4. The van der Waals surface area contributed by atoms with Gasteiger partial charge in [-0.2, -0.15) is 0 Å². The number of carbonyl (C=O) groups is 4. The fourth-order valence-corrected chi connectivity index (χ4v) is 3.81. The van der Waals surface area contributed by atoms with E-state index in [0.717, 1.165) is 24.0 Å². The highest BCUT2D eigenvalue weighted by Crippen LogP contribution is 2.29. The van der Waals surface area contributed by atoms with Crippen LogP contribution in [0.2, 0.25) is 0 Å². The molecule has 0 aliphatic heterocycles. The molecule has 2 aromatic carbocycles. The smallest absolute Gasteiger partial charge is 0.276 e. The van der Waals surface area contributed by atoms with E-state index in [1.807, 2.05) is 48.5 Å². The van der Waals surface area contributed by atoms with Crippen molar-refractivity contribution in [2.75, 3.05) is 13.2 Å². The van der Waals surface area contributed by atoms with Crippen molar-refractivity contribution in [3.63, 3.8) is 0 Å². The van der Waals surface area contributed by atoms with Crippen molar-refractivity contribution < 1.29 is 28.7 Å². The summed E-state index contributed by atoms with van der Waals surface area (Å²) in [5.74, 6) is 0.181. The zero-order valence-corrected chi connectivity index (χ0v) is 23.9. The maximum absolute atomic E-state index is 12.1. The molecule has 0 saturated heterocycles. The minimum atomic E-state index is -0.477. The molecule has 0 bridgehead atoms. The fourth-order valence-electron chi connectivity index (χ4n) is 3.81. The molecule has 218 valence electrons. The average Bonchev–Trinajstić information content (AvgIpc) is 2.98. The Morgan fingerprint density at radius 3 is 1.32 bits per heavy atom. The van der Waals surface area contributed by atoms with E-state index < -0.39 is 11.8 Å². The summed E-state index contributed by atoms with van der Waals surface area (Å²) in [6.45, 7) is 7.89. The van der Waals surface area contributed by atoms with Crippen molar-refractivity contribution in [2.24, 2.45) is 0 Å². The van der Waals surface area contributed by atoms with Gasteiger partial charge in [0.15, 0.2) is 13.2 Å². The summed E-state index contributed by atoms with van der Waals surface area (Å²) in [5, 5.41) is 0. The standard InChI is InChI=1S/C30H42N4O6/c1-5-21(3)23-13-7-9-15-25(23)39-19-29(37)33-31-27(35)17-11-12-18-28(36)32-34-30(38)20-40-26-16-10-8-14-24(26)22(4)6-2/h7-10,13-16,21-22H,5-6,11-12,17-20H2,1-4H3,(H,31,35)(H,32,36)(H,33,37)(H,34,38). The van der Waals surface area contributed by atoms with Gasteiger partial charge in [-0.05, 0) is 60.8 Å². The number of rotatable bonds is 15. The van der Waals surface area contributed by atoms with E-state index in [2.05, 4.69) is 49.4 Å². The quantitative estimate of drug-likeness (QED) is 0.194. The van der Waals surface area contributed by atoms with E-state index in [9.17, 15) is 19.2 Å². The van der Waals surface area contributed by atoms with Crippen LogP contribution >= 0.6 is 0 Å². The van der Waals surface area contributed by atoms with Crippen LogP contribution in [-0.4, -0.2) is 36.8 Å². The third-order valence-corrected chi connectivity index (χ3v) is 6.58. The topological polar surface area (TPSA) is 135 Å². The Kier molecular flexibility index (Phi) is 14.1. The number of hydrazine groups is 2. The zero-order chi connectivity index (χ0) is 29.3. The van der Waals surface area contributed by atoms with Crippen molar-refractivity contribution >= 4 is 23.6 Å². The average molecular weight is 555 g/mol. The zero-order valence-electron chi connectivity index (χ0n) is 23.9. The molecular weight excluding hydrogens is 512 g/mol. The van der Waals surface area contributed by atoms with E-state index in [0.29, 0.717) is 36.2 Å². The van der Waals surface area contributed by atoms with Crippen LogP contribution in [0.25, 0.3) is 0 Å². The first kappa shape index (κ1) is 32.1. The summed E-state index contributed by atoms with van der Waals surface area (Å²) in [6.07, 6.45) is 3.00. The molecule has 10 heteroatoms. The molecule has 2 rings (SSSR count). The Balaban J connectivity index is 1.57. The van der Waals surface area contributed by atoms with Crippen LogP contribution < -0.4 is 31.2 Å². The van der Waals surface area contributed by atoms with E-state index in [4.69, 9.17) is 9.47 Å². The summed E-state index contributed by atoms with van der Waals surface area (Å²) >= 11 is 0. The Hall–Kier alpha value is -4.08. The first-order valence-electron chi connectivity index (χ1n) is 13.8. The van der Waals surface area contributed by atoms with Gasteiger partial charge in [-0.25, -0.2) is 0 Å². The second kappa shape index (κ2) is 17.5. The van der Waals surface area contributed by atoms with Gasteiger partial charge in [-0.3, -0.25) is 40.9 Å². The van der Waals surface area contributed by atoms with E-state index in [1.165, 1.54) is 0 Å². The molecule has 2 unspecified atom stereocenters. The largest absolute Gasteiger partial charge is 0.483 e. The van der Waals surface area contributed by atoms with Crippen molar-refractivity contribution in [1.82, 2.24) is 21.7 Å². The summed E-state index contributed by atoms with van der Waals surface area (Å²) in [5.41, 5.74) is 11.4. The molecule has 4 N–H and O–H groups in total. The first-order valence-corrected chi connectivity index (χ1v) is 13.8. The predicted molar refractivity (Wildman–Crippen MR) is 152 cm³/mol. The second-order valence-corrected chi connectivity index (χ2v) is 9.67. The Bertz CT molecular complexity index is 1040. The molecule has 0 aliphatic carbocycles. The van der Waals surface area contributed by atoms with Crippen molar-refractivity contribution in [1.29, 1.82) is 0 Å². The summed E-state index contributed by atoms with van der Waals surface area (Å²) in [4.78, 5) is 48.1. The Labute approximate surface area is 236 Å². The molecule has 0 aromatic heterocycles. The number of unbranched alkanes of at least 4 members (excludes halogenated alkanes) is 1. The molecule has 2 atom stereocenters. The van der Waals surface area contributed by atoms with Gasteiger partial charge in [0.2, 0.25) is 11.8 Å². The van der Waals surface area contributed by atoms with Crippen LogP contribution in [0.3, 0.4) is 0 Å². The van der Waals surface area contributed by atoms with Crippen LogP contribution in [0.1, 0.15) is 89.2 Å². The minimum Gasteiger partial charge on any atom is -0.483 e. The lowest BCUT2D eigenvalue weighted by Gasteiger charge is -2.15. The molecule has 0 fully saturated rings. The van der Waals surface area contributed by atoms with Crippen LogP contribution in [0.4, 0.5) is 0 Å². The number of hydrogen-bond acceptors (Lipinski definition) is 6. The van der Waals surface area contributed by atoms with Gasteiger partial charge in [-0.15, -0.1) is 0 Å². The molecule has 0 radical (unpaired) electrons. The number of benzene rings is 2. The predicted octanol–water partition coefficient (Wildman–Crippen LogP) is 4.03. The highest BCUT2D eigenvalue weighted by Gasteiger charge is 2.13. The third-order valence-electron chi connectivity index (χ3n) is 6.58. The van der Waals surface area contributed by atoms with E-state index in [-0.39, 0.29) is 37.9 Å². The SMILES string of the molecule is CCC(C)c1ccccc1OCC(=O)NNC(=O)CCCCC(=O)NNC(=O)COc1ccccc1C(C)CC. The van der Waals surface area contributed by atoms with Gasteiger partial charge in [0.25, 0.3) is 11.8 Å². The van der Waals surface area contributed by atoms with Gasteiger partial charge in [0.05, 0.1) is 0 Å². The normalized spacial score (nSPS) is 12.0. The maximum Gasteiger partial charge on any atom is 0.276 e. The van der Waals surface area contributed by atoms with Gasteiger partial charge in [0.1, 0.15) is 11.5 Å². The van der Waals surface area contributed by atoms with Crippen LogP contribution in [0.15, 0.2) is 48.5 Å². The molecule has 10 nitrogen and oxygen atoms in total. The minimum absolute atomic E-state index is 0.126. The molecule has 40 heavy (non-hydrogen) atoms. The van der Waals surface area contributed by atoms with Crippen molar-refractivity contribution in [3.05, 3.63) is 59.7 Å². The van der Waals surface area contributed by atoms with Crippen LogP contribution in [0.5, 0.6) is 11.5 Å². The van der Waals surface area contributed by atoms with E-state index in [1.54, 1.807) is 0 Å². The monoisotopic (exact) mass is 554 g/mol. The van der Waals surface area contributed by atoms with Gasteiger partial charge >= 0.3 is 0 Å². The molecule has 0 heterocycles. The lowest BCUT2D eigenvalue weighted by molar-refractivity contribution is -0.130. The van der Waals surface area contributed by atoms with Crippen LogP contribution in [-0.2, 0) is 19.2 Å². The number of ether oxygens (including phenoxy) is 2. The van der Waals surface area contributed by atoms with Crippen molar-refractivity contribution in [3.8, 4) is 11.5 Å². The van der Waals surface area contributed by atoms with Crippen molar-refractivity contribution in [2.45, 2.75) is 78.1 Å². The number of nitrogens with one attached hydrogen (secondary N) is 4. The van der Waals surface area contributed by atoms with Gasteiger partial charge in [0, 0.05) is 12.8 Å². The molecule has 2 aromatic rings. The highest BCUT2D eigenvalue weighted by molar-refractivity contribution is 5.83. The molecule has 0 spiro atoms. The van der Waals surface area contributed by atoms with E-state index >= 15 is 0 Å². The fraction of sp³-hybridized carbons (Fsp3) is 0.467. The summed E-state index contributed by atoms with van der Waals surface area (Å²) < 4.78 is 11.3. The number of carbonyl (C=O) groups excluding carboxylic acids is 4.